The summed E-state index contributed by atoms with van der Waals surface area (Å²) in [5, 5.41) is 3.72. The zero-order valence-electron chi connectivity index (χ0n) is 18.8. The first-order valence-corrected chi connectivity index (χ1v) is 11.7. The Bertz CT molecular complexity index is 1250. The fourth-order valence-electron chi connectivity index (χ4n) is 3.86. The van der Waals surface area contributed by atoms with Crippen LogP contribution in [0.5, 0.6) is 5.88 Å². The zero-order valence-corrected chi connectivity index (χ0v) is 19.6. The Morgan fingerprint density at radius 2 is 1.88 bits per heavy atom. The maximum absolute atomic E-state index is 12.6. The van der Waals surface area contributed by atoms with Crippen molar-refractivity contribution in [2.45, 2.75) is 39.8 Å². The van der Waals surface area contributed by atoms with Crippen LogP contribution in [-0.2, 0) is 0 Å². The van der Waals surface area contributed by atoms with E-state index in [-0.39, 0.29) is 5.56 Å². The number of aromatic nitrogens is 3. The van der Waals surface area contributed by atoms with Crippen LogP contribution in [0.4, 0.5) is 0 Å². The molecule has 0 radical (unpaired) electrons. The summed E-state index contributed by atoms with van der Waals surface area (Å²) in [4.78, 5) is 27.0. The van der Waals surface area contributed by atoms with Crippen molar-refractivity contribution < 1.29 is 4.74 Å². The van der Waals surface area contributed by atoms with Crippen LogP contribution in [0, 0.1) is 0 Å². The molecule has 0 aliphatic carbocycles. The first kappa shape index (κ1) is 22.2. The number of hydrogen-bond acceptors (Lipinski definition) is 6. The number of benzene rings is 1. The summed E-state index contributed by atoms with van der Waals surface area (Å²) >= 11 is 1.50. The highest BCUT2D eigenvalue weighted by atomic mass is 32.1. The number of nitrogens with zero attached hydrogens (tertiary/aromatic N) is 3. The molecule has 6 nitrogen and oxygen atoms in total. The van der Waals surface area contributed by atoms with Gasteiger partial charge in [0, 0.05) is 47.4 Å². The Balaban J connectivity index is 1.51. The van der Waals surface area contributed by atoms with Crippen LogP contribution in [0.25, 0.3) is 32.7 Å². The third-order valence-electron chi connectivity index (χ3n) is 5.44. The predicted molar refractivity (Wildman–Crippen MR) is 131 cm³/mol. The second kappa shape index (κ2) is 9.63. The predicted octanol–water partition coefficient (Wildman–Crippen LogP) is 5.21. The average Bonchev–Trinajstić information content (AvgIpc) is 3.26. The fourth-order valence-corrected chi connectivity index (χ4v) is 4.67. The highest BCUT2D eigenvalue weighted by Gasteiger charge is 2.14. The number of rotatable bonds is 8. The summed E-state index contributed by atoms with van der Waals surface area (Å²) in [6.45, 7) is 10.2. The molecule has 166 valence electrons. The van der Waals surface area contributed by atoms with E-state index in [1.807, 2.05) is 47.8 Å². The molecule has 1 N–H and O–H groups in total. The van der Waals surface area contributed by atoms with Crippen LogP contribution >= 0.6 is 11.3 Å². The van der Waals surface area contributed by atoms with E-state index in [2.05, 4.69) is 42.6 Å². The number of hydrogen-bond donors (Lipinski definition) is 1. The SMILES string of the molecule is CC(C)N(CCOc1cc(-c2nc(-c3cc4ccccc4[nH]c3=O)cs2)ccn1)C(C)C. The van der Waals surface area contributed by atoms with Crippen molar-refractivity contribution in [3.63, 3.8) is 0 Å². The van der Waals surface area contributed by atoms with Gasteiger partial charge in [-0.1, -0.05) is 18.2 Å². The number of fused-ring (bicyclic) bond motifs is 1. The monoisotopic (exact) mass is 448 g/mol. The molecule has 4 aromatic rings. The van der Waals surface area contributed by atoms with Crippen molar-refractivity contribution in [1.82, 2.24) is 19.9 Å². The first-order valence-electron chi connectivity index (χ1n) is 10.9. The Labute approximate surface area is 191 Å². The largest absolute Gasteiger partial charge is 0.476 e. The normalized spacial score (nSPS) is 11.7. The molecule has 4 rings (SSSR count). The van der Waals surface area contributed by atoms with Gasteiger partial charge in [-0.15, -0.1) is 11.3 Å². The number of H-pyrrole nitrogens is 1. The Kier molecular flexibility index (Phi) is 6.67. The van der Waals surface area contributed by atoms with E-state index in [0.717, 1.165) is 28.0 Å². The maximum atomic E-state index is 12.6. The Morgan fingerprint density at radius 1 is 1.09 bits per heavy atom. The number of pyridine rings is 2. The van der Waals surface area contributed by atoms with Crippen LogP contribution in [-0.4, -0.2) is 45.1 Å². The highest BCUT2D eigenvalue weighted by molar-refractivity contribution is 7.13. The Hall–Kier alpha value is -3.03. The van der Waals surface area contributed by atoms with Crippen LogP contribution in [0.1, 0.15) is 27.7 Å². The number of ether oxygens (including phenoxy) is 1. The van der Waals surface area contributed by atoms with E-state index < -0.39 is 0 Å². The van der Waals surface area contributed by atoms with Gasteiger partial charge in [-0.2, -0.15) is 0 Å². The van der Waals surface area contributed by atoms with Gasteiger partial charge in [0.25, 0.3) is 5.56 Å². The van der Waals surface area contributed by atoms with E-state index >= 15 is 0 Å². The molecule has 0 unspecified atom stereocenters. The molecule has 3 heterocycles. The minimum absolute atomic E-state index is 0.140. The molecule has 0 saturated heterocycles. The van der Waals surface area contributed by atoms with Crippen molar-refractivity contribution in [1.29, 1.82) is 0 Å². The molecule has 0 saturated carbocycles. The average molecular weight is 449 g/mol. The van der Waals surface area contributed by atoms with Crippen LogP contribution in [0.2, 0.25) is 0 Å². The second-order valence-electron chi connectivity index (χ2n) is 8.29. The minimum atomic E-state index is -0.140. The summed E-state index contributed by atoms with van der Waals surface area (Å²) in [5.41, 5.74) is 2.84. The second-order valence-corrected chi connectivity index (χ2v) is 9.15. The molecule has 1 aromatic carbocycles. The maximum Gasteiger partial charge on any atom is 0.257 e. The molecule has 0 atom stereocenters. The summed E-state index contributed by atoms with van der Waals surface area (Å²) < 4.78 is 5.93. The van der Waals surface area contributed by atoms with Gasteiger partial charge in [0.2, 0.25) is 5.88 Å². The van der Waals surface area contributed by atoms with E-state index in [9.17, 15) is 4.79 Å². The van der Waals surface area contributed by atoms with E-state index in [4.69, 9.17) is 9.72 Å². The lowest BCUT2D eigenvalue weighted by Crippen LogP contribution is -2.39. The van der Waals surface area contributed by atoms with Gasteiger partial charge in [0.15, 0.2) is 0 Å². The molecular formula is C25H28N4O2S. The van der Waals surface area contributed by atoms with Crippen LogP contribution in [0.3, 0.4) is 0 Å². The third kappa shape index (κ3) is 4.89. The van der Waals surface area contributed by atoms with Gasteiger partial charge in [0.1, 0.15) is 11.6 Å². The molecule has 0 bridgehead atoms. The van der Waals surface area contributed by atoms with Gasteiger partial charge >= 0.3 is 0 Å². The standard InChI is InChI=1S/C25H28N4O2S/c1-16(2)29(17(3)4)11-12-31-23-14-19(9-10-26-23)25-28-22(15-32-25)20-13-18-7-5-6-8-21(18)27-24(20)30/h5-10,13-17H,11-12H2,1-4H3,(H,27,30). The summed E-state index contributed by atoms with van der Waals surface area (Å²) in [7, 11) is 0. The number of thiazole rings is 1. The third-order valence-corrected chi connectivity index (χ3v) is 6.33. The van der Waals surface area contributed by atoms with Crippen molar-refractivity contribution in [2.75, 3.05) is 13.2 Å². The van der Waals surface area contributed by atoms with Gasteiger partial charge in [0.05, 0.1) is 11.3 Å². The quantitative estimate of drug-likeness (QED) is 0.401. The van der Waals surface area contributed by atoms with Crippen molar-refractivity contribution in [3.8, 4) is 27.7 Å². The van der Waals surface area contributed by atoms with Crippen LogP contribution < -0.4 is 10.3 Å². The molecule has 3 aromatic heterocycles. The van der Waals surface area contributed by atoms with Crippen LogP contribution in [0.15, 0.2) is 58.8 Å². The first-order chi connectivity index (χ1) is 15.4. The van der Waals surface area contributed by atoms with Gasteiger partial charge < -0.3 is 9.72 Å². The minimum Gasteiger partial charge on any atom is -0.476 e. The summed E-state index contributed by atoms with van der Waals surface area (Å²) in [6.07, 6.45) is 1.73. The lowest BCUT2D eigenvalue weighted by Gasteiger charge is -2.30. The van der Waals surface area contributed by atoms with Gasteiger partial charge in [-0.3, -0.25) is 9.69 Å². The van der Waals surface area contributed by atoms with Gasteiger partial charge in [-0.05, 0) is 51.3 Å². The molecule has 0 aliphatic heterocycles. The van der Waals surface area contributed by atoms with Crippen molar-refractivity contribution >= 4 is 22.2 Å². The van der Waals surface area contributed by atoms with Crippen molar-refractivity contribution in [3.05, 3.63) is 64.4 Å². The van der Waals surface area contributed by atoms with E-state index in [0.29, 0.717) is 35.8 Å². The number of aromatic amines is 1. The summed E-state index contributed by atoms with van der Waals surface area (Å²) in [6, 6.07) is 14.4. The molecule has 0 amide bonds. The smallest absolute Gasteiger partial charge is 0.257 e. The summed E-state index contributed by atoms with van der Waals surface area (Å²) in [5.74, 6) is 0.579. The van der Waals surface area contributed by atoms with E-state index in [1.165, 1.54) is 11.3 Å². The topological polar surface area (TPSA) is 71.1 Å². The lowest BCUT2D eigenvalue weighted by molar-refractivity contribution is 0.140. The molecule has 0 fully saturated rings. The molecular weight excluding hydrogens is 420 g/mol. The molecule has 7 heteroatoms. The van der Waals surface area contributed by atoms with Gasteiger partial charge in [-0.25, -0.2) is 9.97 Å². The Morgan fingerprint density at radius 3 is 2.66 bits per heavy atom. The molecule has 32 heavy (non-hydrogen) atoms. The number of para-hydroxylation sites is 1. The fraction of sp³-hybridized carbons (Fsp3) is 0.320. The molecule has 0 spiro atoms. The lowest BCUT2D eigenvalue weighted by atomic mass is 10.1. The molecule has 0 aliphatic rings. The number of nitrogens with one attached hydrogen (secondary N) is 1. The highest BCUT2D eigenvalue weighted by Crippen LogP contribution is 2.29. The van der Waals surface area contributed by atoms with Crippen molar-refractivity contribution in [2.24, 2.45) is 0 Å². The zero-order chi connectivity index (χ0) is 22.7. The van der Waals surface area contributed by atoms with E-state index in [1.54, 1.807) is 6.20 Å².